The topological polar surface area (TPSA) is 47.0 Å². The summed E-state index contributed by atoms with van der Waals surface area (Å²) in [6, 6.07) is 2.07. The highest BCUT2D eigenvalue weighted by atomic mass is 16.5. The maximum Gasteiger partial charge on any atom is 0.162 e. The number of anilines is 1. The molecule has 118 valence electrons. The Morgan fingerprint density at radius 1 is 1.19 bits per heavy atom. The Hall–Kier alpha value is -1.16. The van der Waals surface area contributed by atoms with Crippen molar-refractivity contribution in [2.45, 2.75) is 71.3 Å². The first-order valence-corrected chi connectivity index (χ1v) is 8.19. The van der Waals surface area contributed by atoms with Gasteiger partial charge in [0.2, 0.25) is 0 Å². The van der Waals surface area contributed by atoms with Crippen LogP contribution in [0.4, 0.5) is 5.82 Å². The third-order valence-electron chi connectivity index (χ3n) is 4.09. The van der Waals surface area contributed by atoms with Crippen LogP contribution in [0.1, 0.15) is 71.8 Å². The molecule has 4 nitrogen and oxygen atoms in total. The Morgan fingerprint density at radius 3 is 2.38 bits per heavy atom. The molecule has 1 aliphatic rings. The standard InChI is InChI=1S/C17H29N3O/c1-6-18-14-12-13(16(3,4)5)19-15(20-14)17(21-7-2)10-8-9-11-17/h12H,6-11H2,1-5H3,(H,18,19,20). The molecule has 0 bridgehead atoms. The van der Waals surface area contributed by atoms with Crippen LogP contribution in [0.15, 0.2) is 6.07 Å². The number of hydrogen-bond acceptors (Lipinski definition) is 4. The molecule has 0 saturated heterocycles. The summed E-state index contributed by atoms with van der Waals surface area (Å²) >= 11 is 0. The number of hydrogen-bond donors (Lipinski definition) is 1. The average Bonchev–Trinajstić information content (AvgIpc) is 2.88. The van der Waals surface area contributed by atoms with Crippen LogP contribution in [0, 0.1) is 0 Å². The van der Waals surface area contributed by atoms with Crippen molar-refractivity contribution in [3.63, 3.8) is 0 Å². The van der Waals surface area contributed by atoms with Gasteiger partial charge in [-0.1, -0.05) is 20.8 Å². The van der Waals surface area contributed by atoms with Gasteiger partial charge in [-0.25, -0.2) is 9.97 Å². The molecule has 1 aromatic rings. The van der Waals surface area contributed by atoms with Crippen molar-refractivity contribution in [2.24, 2.45) is 0 Å². The minimum atomic E-state index is -0.278. The Balaban J connectivity index is 2.48. The maximum atomic E-state index is 6.12. The zero-order valence-corrected chi connectivity index (χ0v) is 14.1. The molecule has 4 heteroatoms. The van der Waals surface area contributed by atoms with Crippen molar-refractivity contribution in [3.8, 4) is 0 Å². The predicted octanol–water partition coefficient (Wildman–Crippen LogP) is 4.01. The van der Waals surface area contributed by atoms with Crippen LogP contribution >= 0.6 is 0 Å². The van der Waals surface area contributed by atoms with Crippen LogP contribution in [0.3, 0.4) is 0 Å². The second-order valence-corrected chi connectivity index (χ2v) is 6.88. The monoisotopic (exact) mass is 291 g/mol. The maximum absolute atomic E-state index is 6.12. The molecule has 0 aliphatic heterocycles. The molecule has 1 fully saturated rings. The third kappa shape index (κ3) is 3.54. The van der Waals surface area contributed by atoms with Gasteiger partial charge in [-0.3, -0.25) is 0 Å². The number of nitrogens with one attached hydrogen (secondary N) is 1. The van der Waals surface area contributed by atoms with Gasteiger partial charge in [-0.2, -0.15) is 0 Å². The molecule has 0 aromatic carbocycles. The van der Waals surface area contributed by atoms with Crippen LogP contribution in [-0.2, 0) is 15.8 Å². The third-order valence-corrected chi connectivity index (χ3v) is 4.09. The van der Waals surface area contributed by atoms with E-state index in [0.29, 0.717) is 6.61 Å². The lowest BCUT2D eigenvalue weighted by Crippen LogP contribution is -2.31. The smallest absolute Gasteiger partial charge is 0.162 e. The van der Waals surface area contributed by atoms with Gasteiger partial charge in [0.15, 0.2) is 5.82 Å². The van der Waals surface area contributed by atoms with E-state index in [0.717, 1.165) is 36.7 Å². The van der Waals surface area contributed by atoms with E-state index in [-0.39, 0.29) is 11.0 Å². The van der Waals surface area contributed by atoms with E-state index in [1.165, 1.54) is 12.8 Å². The van der Waals surface area contributed by atoms with E-state index in [1.807, 2.05) is 0 Å². The normalized spacial score (nSPS) is 18.0. The van der Waals surface area contributed by atoms with Crippen molar-refractivity contribution in [3.05, 3.63) is 17.6 Å². The van der Waals surface area contributed by atoms with Gasteiger partial charge < -0.3 is 10.1 Å². The van der Waals surface area contributed by atoms with E-state index in [4.69, 9.17) is 14.7 Å². The molecule has 0 amide bonds. The van der Waals surface area contributed by atoms with Crippen LogP contribution < -0.4 is 5.32 Å². The molecule has 1 saturated carbocycles. The molecule has 2 rings (SSSR count). The van der Waals surface area contributed by atoms with Crippen molar-refractivity contribution in [2.75, 3.05) is 18.5 Å². The van der Waals surface area contributed by atoms with Crippen LogP contribution in [0.2, 0.25) is 0 Å². The fourth-order valence-electron chi connectivity index (χ4n) is 2.96. The molecule has 0 atom stereocenters. The van der Waals surface area contributed by atoms with Crippen LogP contribution in [-0.4, -0.2) is 23.1 Å². The highest BCUT2D eigenvalue weighted by Crippen LogP contribution is 2.41. The lowest BCUT2D eigenvalue weighted by molar-refractivity contribution is -0.0458. The first kappa shape index (κ1) is 16.2. The van der Waals surface area contributed by atoms with Gasteiger partial charge in [0.1, 0.15) is 11.4 Å². The summed E-state index contributed by atoms with van der Waals surface area (Å²) < 4.78 is 6.12. The molecule has 1 N–H and O–H groups in total. The fraction of sp³-hybridized carbons (Fsp3) is 0.765. The quantitative estimate of drug-likeness (QED) is 0.890. The highest BCUT2D eigenvalue weighted by Gasteiger charge is 2.40. The highest BCUT2D eigenvalue weighted by molar-refractivity contribution is 5.38. The van der Waals surface area contributed by atoms with Crippen molar-refractivity contribution in [1.29, 1.82) is 0 Å². The van der Waals surface area contributed by atoms with Crippen molar-refractivity contribution >= 4 is 5.82 Å². The Morgan fingerprint density at radius 2 is 1.86 bits per heavy atom. The molecule has 1 aliphatic carbocycles. The molecule has 21 heavy (non-hydrogen) atoms. The second-order valence-electron chi connectivity index (χ2n) is 6.88. The fourth-order valence-corrected chi connectivity index (χ4v) is 2.96. The van der Waals surface area contributed by atoms with Gasteiger partial charge in [0, 0.05) is 24.6 Å². The summed E-state index contributed by atoms with van der Waals surface area (Å²) in [4.78, 5) is 9.65. The van der Waals surface area contributed by atoms with E-state index >= 15 is 0 Å². The molecule has 0 spiro atoms. The Bertz CT molecular complexity index is 473. The minimum absolute atomic E-state index is 0.00781. The summed E-state index contributed by atoms with van der Waals surface area (Å²) in [5.74, 6) is 1.78. The van der Waals surface area contributed by atoms with Gasteiger partial charge in [-0.05, 0) is 39.5 Å². The number of rotatable bonds is 5. The number of ether oxygens (including phenoxy) is 1. The van der Waals surface area contributed by atoms with Crippen molar-refractivity contribution < 1.29 is 4.74 Å². The SMILES string of the molecule is CCNc1cc(C(C)(C)C)nc(C2(OCC)CCCC2)n1. The largest absolute Gasteiger partial charge is 0.370 e. The number of nitrogens with zero attached hydrogens (tertiary/aromatic N) is 2. The van der Waals surface area contributed by atoms with Gasteiger partial charge in [0.25, 0.3) is 0 Å². The summed E-state index contributed by atoms with van der Waals surface area (Å²) in [7, 11) is 0. The van der Waals surface area contributed by atoms with E-state index < -0.39 is 0 Å². The summed E-state index contributed by atoms with van der Waals surface area (Å²) in [5.41, 5.74) is 0.808. The van der Waals surface area contributed by atoms with Crippen LogP contribution in [0.25, 0.3) is 0 Å². The van der Waals surface area contributed by atoms with E-state index in [9.17, 15) is 0 Å². The molecular formula is C17H29N3O. The molecule has 1 aromatic heterocycles. The van der Waals surface area contributed by atoms with Crippen molar-refractivity contribution in [1.82, 2.24) is 9.97 Å². The van der Waals surface area contributed by atoms with Gasteiger partial charge in [-0.15, -0.1) is 0 Å². The first-order valence-electron chi connectivity index (χ1n) is 8.19. The summed E-state index contributed by atoms with van der Waals surface area (Å²) in [5, 5.41) is 3.34. The van der Waals surface area contributed by atoms with Gasteiger partial charge >= 0.3 is 0 Å². The van der Waals surface area contributed by atoms with E-state index in [2.05, 4.69) is 46.0 Å². The molecule has 0 unspecified atom stereocenters. The summed E-state index contributed by atoms with van der Waals surface area (Å²) in [6.45, 7) is 12.3. The summed E-state index contributed by atoms with van der Waals surface area (Å²) in [6.07, 6.45) is 4.44. The lowest BCUT2D eigenvalue weighted by Gasteiger charge is -2.29. The minimum Gasteiger partial charge on any atom is -0.370 e. The second kappa shape index (κ2) is 6.30. The Kier molecular flexibility index (Phi) is 4.87. The zero-order chi connectivity index (χ0) is 15.5. The molecule has 1 heterocycles. The Labute approximate surface area is 128 Å². The molecular weight excluding hydrogens is 262 g/mol. The average molecular weight is 291 g/mol. The van der Waals surface area contributed by atoms with Crippen LogP contribution in [0.5, 0.6) is 0 Å². The predicted molar refractivity (Wildman–Crippen MR) is 86.7 cm³/mol. The van der Waals surface area contributed by atoms with Gasteiger partial charge in [0.05, 0.1) is 5.69 Å². The lowest BCUT2D eigenvalue weighted by atomic mass is 9.91. The first-order chi connectivity index (χ1) is 9.91. The zero-order valence-electron chi connectivity index (χ0n) is 14.1. The number of aromatic nitrogens is 2. The van der Waals surface area contributed by atoms with E-state index in [1.54, 1.807) is 0 Å². The molecule has 0 radical (unpaired) electrons.